The summed E-state index contributed by atoms with van der Waals surface area (Å²) in [5.74, 6) is -0.188. The number of nitrogens with two attached hydrogens (primary N) is 1. The summed E-state index contributed by atoms with van der Waals surface area (Å²) < 4.78 is 0. The van der Waals surface area contributed by atoms with E-state index in [1.165, 1.54) is 0 Å². The van der Waals surface area contributed by atoms with Crippen LogP contribution in [-0.2, 0) is 4.79 Å². The highest BCUT2D eigenvalue weighted by atomic mass is 16.1. The van der Waals surface area contributed by atoms with Gasteiger partial charge in [-0.15, -0.1) is 0 Å². The van der Waals surface area contributed by atoms with Gasteiger partial charge in [0.15, 0.2) is 0 Å². The maximum Gasteiger partial charge on any atom is 0.234 e. The first-order valence-electron chi connectivity index (χ1n) is 3.64. The van der Waals surface area contributed by atoms with Crippen molar-refractivity contribution in [3.05, 3.63) is 0 Å². The maximum atomic E-state index is 10.7. The van der Waals surface area contributed by atoms with Crippen molar-refractivity contribution in [3.8, 4) is 0 Å². The highest BCUT2D eigenvalue weighted by Gasteiger charge is 2.30. The number of nitrogens with zero attached hydrogens (tertiary/aromatic N) is 1. The van der Waals surface area contributed by atoms with Crippen LogP contribution in [0.5, 0.6) is 0 Å². The molecule has 1 amide bonds. The van der Waals surface area contributed by atoms with E-state index in [1.807, 2.05) is 11.9 Å². The Bertz CT molecular complexity index is 147. The van der Waals surface area contributed by atoms with Gasteiger partial charge in [-0.1, -0.05) is 0 Å². The highest BCUT2D eigenvalue weighted by Crippen LogP contribution is 2.20. The van der Waals surface area contributed by atoms with Crippen LogP contribution in [0.15, 0.2) is 0 Å². The van der Waals surface area contributed by atoms with E-state index in [9.17, 15) is 4.79 Å². The fourth-order valence-corrected chi connectivity index (χ4v) is 1.46. The van der Waals surface area contributed by atoms with Gasteiger partial charge < -0.3 is 5.73 Å². The Morgan fingerprint density at radius 1 is 1.60 bits per heavy atom. The van der Waals surface area contributed by atoms with Crippen LogP contribution in [0.3, 0.4) is 0 Å². The van der Waals surface area contributed by atoms with Crippen LogP contribution in [0.4, 0.5) is 0 Å². The van der Waals surface area contributed by atoms with Crippen molar-refractivity contribution in [1.82, 2.24) is 4.90 Å². The van der Waals surface area contributed by atoms with Gasteiger partial charge in [0.2, 0.25) is 5.91 Å². The quantitative estimate of drug-likeness (QED) is 0.558. The molecule has 0 aromatic heterocycles. The second-order valence-electron chi connectivity index (χ2n) is 3.01. The average Bonchev–Trinajstić information content (AvgIpc) is 2.14. The molecule has 0 aromatic carbocycles. The van der Waals surface area contributed by atoms with Crippen LogP contribution in [0, 0.1) is 0 Å². The first-order valence-corrected chi connectivity index (χ1v) is 3.64. The van der Waals surface area contributed by atoms with Crippen molar-refractivity contribution < 1.29 is 4.79 Å². The zero-order valence-corrected chi connectivity index (χ0v) is 6.50. The molecule has 0 radical (unpaired) electrons. The molecule has 2 N–H and O–H groups in total. The molecule has 0 saturated carbocycles. The molecule has 3 nitrogen and oxygen atoms in total. The van der Waals surface area contributed by atoms with Gasteiger partial charge in [-0.3, -0.25) is 9.69 Å². The lowest BCUT2D eigenvalue weighted by Crippen LogP contribution is -2.40. The molecule has 0 spiro atoms. The largest absolute Gasteiger partial charge is 0.368 e. The van der Waals surface area contributed by atoms with Crippen molar-refractivity contribution >= 4 is 5.91 Å². The number of carbonyl (C=O) groups is 1. The second kappa shape index (κ2) is 2.58. The Labute approximate surface area is 61.2 Å². The maximum absolute atomic E-state index is 10.7. The van der Waals surface area contributed by atoms with Gasteiger partial charge in [0.25, 0.3) is 0 Å². The Morgan fingerprint density at radius 2 is 2.20 bits per heavy atom. The number of primary amides is 1. The molecular formula is C7H14N2O. The van der Waals surface area contributed by atoms with Crippen molar-refractivity contribution in [2.45, 2.75) is 31.8 Å². The number of carbonyl (C=O) groups excluding carboxylic acids is 1. The van der Waals surface area contributed by atoms with Crippen molar-refractivity contribution in [3.63, 3.8) is 0 Å². The van der Waals surface area contributed by atoms with Gasteiger partial charge in [0, 0.05) is 6.04 Å². The van der Waals surface area contributed by atoms with Crippen LogP contribution in [0.1, 0.15) is 19.8 Å². The third-order valence-electron chi connectivity index (χ3n) is 2.37. The number of amides is 1. The molecule has 0 unspecified atom stereocenters. The summed E-state index contributed by atoms with van der Waals surface area (Å²) in [5, 5.41) is 0. The lowest BCUT2D eigenvalue weighted by molar-refractivity contribution is -0.122. The van der Waals surface area contributed by atoms with E-state index < -0.39 is 0 Å². The second-order valence-corrected chi connectivity index (χ2v) is 3.01. The van der Waals surface area contributed by atoms with Crippen LogP contribution < -0.4 is 5.73 Å². The van der Waals surface area contributed by atoms with Gasteiger partial charge in [-0.25, -0.2) is 0 Å². The van der Waals surface area contributed by atoms with Gasteiger partial charge in [-0.2, -0.15) is 0 Å². The lowest BCUT2D eigenvalue weighted by Gasteiger charge is -2.19. The molecule has 10 heavy (non-hydrogen) atoms. The fraction of sp³-hybridized carbons (Fsp3) is 0.857. The van der Waals surface area contributed by atoms with E-state index >= 15 is 0 Å². The molecule has 2 atom stereocenters. The zero-order valence-electron chi connectivity index (χ0n) is 6.50. The molecular weight excluding hydrogens is 128 g/mol. The number of hydrogen-bond donors (Lipinski definition) is 1. The standard InChI is InChI=1S/C7H14N2O/c1-5-3-4-6(7(8)10)9(5)2/h5-6H,3-4H2,1-2H3,(H2,8,10)/t5-,6+/m1/s1. The Balaban J connectivity index is 2.57. The van der Waals surface area contributed by atoms with Gasteiger partial charge in [-0.05, 0) is 26.8 Å². The van der Waals surface area contributed by atoms with E-state index in [0.29, 0.717) is 6.04 Å². The number of rotatable bonds is 1. The minimum atomic E-state index is -0.188. The summed E-state index contributed by atoms with van der Waals surface area (Å²) in [4.78, 5) is 12.8. The van der Waals surface area contributed by atoms with Crippen LogP contribution in [0.2, 0.25) is 0 Å². The van der Waals surface area contributed by atoms with Crippen molar-refractivity contribution in [2.24, 2.45) is 5.73 Å². The monoisotopic (exact) mass is 142 g/mol. The molecule has 3 heteroatoms. The van der Waals surface area contributed by atoms with Crippen LogP contribution >= 0.6 is 0 Å². The van der Waals surface area contributed by atoms with Gasteiger partial charge in [0.05, 0.1) is 6.04 Å². The summed E-state index contributed by atoms with van der Waals surface area (Å²) in [7, 11) is 1.95. The summed E-state index contributed by atoms with van der Waals surface area (Å²) in [6, 6.07) is 0.493. The minimum Gasteiger partial charge on any atom is -0.368 e. The predicted octanol–water partition coefficient (Wildman–Crippen LogP) is -0.0456. The summed E-state index contributed by atoms with van der Waals surface area (Å²) >= 11 is 0. The van der Waals surface area contributed by atoms with Gasteiger partial charge in [0.1, 0.15) is 0 Å². The predicted molar refractivity (Wildman–Crippen MR) is 39.4 cm³/mol. The first-order chi connectivity index (χ1) is 4.63. The number of likely N-dealkylation sites (N-methyl/N-ethyl adjacent to an activating group) is 1. The zero-order chi connectivity index (χ0) is 7.72. The third-order valence-corrected chi connectivity index (χ3v) is 2.37. The summed E-state index contributed by atoms with van der Waals surface area (Å²) in [6.45, 7) is 2.11. The first kappa shape index (κ1) is 7.54. The molecule has 1 saturated heterocycles. The molecule has 0 aliphatic carbocycles. The summed E-state index contributed by atoms with van der Waals surface area (Å²) in [5.41, 5.74) is 5.17. The SMILES string of the molecule is C[C@@H]1CC[C@@H](C(N)=O)N1C. The lowest BCUT2D eigenvalue weighted by atomic mass is 10.2. The van der Waals surface area contributed by atoms with E-state index in [2.05, 4.69) is 6.92 Å². The van der Waals surface area contributed by atoms with Gasteiger partial charge >= 0.3 is 0 Å². The number of hydrogen-bond acceptors (Lipinski definition) is 2. The smallest absolute Gasteiger partial charge is 0.234 e. The van der Waals surface area contributed by atoms with E-state index in [-0.39, 0.29) is 11.9 Å². The highest BCUT2D eigenvalue weighted by molar-refractivity contribution is 5.80. The molecule has 0 aromatic rings. The van der Waals surface area contributed by atoms with Crippen LogP contribution in [-0.4, -0.2) is 29.9 Å². The summed E-state index contributed by atoms with van der Waals surface area (Å²) in [6.07, 6.45) is 2.01. The average molecular weight is 142 g/mol. The molecule has 1 rings (SSSR count). The van der Waals surface area contributed by atoms with E-state index in [4.69, 9.17) is 5.73 Å². The Morgan fingerprint density at radius 3 is 2.40 bits per heavy atom. The fourth-order valence-electron chi connectivity index (χ4n) is 1.46. The van der Waals surface area contributed by atoms with Crippen molar-refractivity contribution in [2.75, 3.05) is 7.05 Å². The molecule has 0 bridgehead atoms. The molecule has 58 valence electrons. The normalized spacial score (nSPS) is 34.6. The third kappa shape index (κ3) is 1.14. The number of likely N-dealkylation sites (tertiary alicyclic amines) is 1. The molecule has 1 fully saturated rings. The van der Waals surface area contributed by atoms with Crippen molar-refractivity contribution in [1.29, 1.82) is 0 Å². The molecule has 1 heterocycles. The molecule has 1 aliphatic heterocycles. The molecule has 1 aliphatic rings. The topological polar surface area (TPSA) is 46.3 Å². The Hall–Kier alpha value is -0.570. The van der Waals surface area contributed by atoms with E-state index in [0.717, 1.165) is 12.8 Å². The Kier molecular flexibility index (Phi) is 1.94. The van der Waals surface area contributed by atoms with E-state index in [1.54, 1.807) is 0 Å². The minimum absolute atomic E-state index is 0.0185. The van der Waals surface area contributed by atoms with Crippen LogP contribution in [0.25, 0.3) is 0 Å².